The second-order valence-corrected chi connectivity index (χ2v) is 4.40. The molecule has 21 heavy (non-hydrogen) atoms. The third-order valence-electron chi connectivity index (χ3n) is 2.98. The van der Waals surface area contributed by atoms with E-state index >= 15 is 0 Å². The topological polar surface area (TPSA) is 72.2 Å². The number of carbonyl (C=O) groups is 1. The molecule has 0 aliphatic heterocycles. The summed E-state index contributed by atoms with van der Waals surface area (Å²) in [5.74, 6) is -0.650. The van der Waals surface area contributed by atoms with Gasteiger partial charge in [-0.3, -0.25) is 14.9 Å². The summed E-state index contributed by atoms with van der Waals surface area (Å²) in [6.07, 6.45) is 0.380. The maximum absolute atomic E-state index is 13.4. The number of non-ortho nitro benzene ring substituents is 1. The number of rotatable bonds is 5. The molecule has 108 valence electrons. The van der Waals surface area contributed by atoms with Gasteiger partial charge in [-0.15, -0.1) is 0 Å². The van der Waals surface area contributed by atoms with Gasteiger partial charge in [-0.2, -0.15) is 0 Å². The van der Waals surface area contributed by atoms with Gasteiger partial charge >= 0.3 is 0 Å². The van der Waals surface area contributed by atoms with Crippen LogP contribution in [0, 0.1) is 15.9 Å². The number of amides is 1. The maximum Gasteiger partial charge on any atom is 0.269 e. The maximum atomic E-state index is 13.4. The Morgan fingerprint density at radius 3 is 2.43 bits per heavy atom. The normalized spacial score (nSPS) is 10.1. The van der Waals surface area contributed by atoms with Crippen LogP contribution < -0.4 is 5.32 Å². The Bertz CT molecular complexity index is 656. The van der Waals surface area contributed by atoms with E-state index in [4.69, 9.17) is 0 Å². The first-order valence-corrected chi connectivity index (χ1v) is 6.34. The number of nitrogens with one attached hydrogen (secondary N) is 1. The number of carbonyl (C=O) groups excluding carboxylic acids is 1. The highest BCUT2D eigenvalue weighted by molar-refractivity contribution is 5.94. The highest BCUT2D eigenvalue weighted by Gasteiger charge is 2.09. The number of benzene rings is 2. The highest BCUT2D eigenvalue weighted by Crippen LogP contribution is 2.12. The Labute approximate surface area is 120 Å². The molecule has 1 N–H and O–H groups in total. The second-order valence-electron chi connectivity index (χ2n) is 4.40. The highest BCUT2D eigenvalue weighted by atomic mass is 19.1. The van der Waals surface area contributed by atoms with Gasteiger partial charge in [0, 0.05) is 24.2 Å². The molecule has 0 bridgehead atoms. The number of halogens is 1. The summed E-state index contributed by atoms with van der Waals surface area (Å²) in [4.78, 5) is 21.8. The summed E-state index contributed by atoms with van der Waals surface area (Å²) in [5, 5.41) is 13.2. The van der Waals surface area contributed by atoms with E-state index in [1.54, 1.807) is 18.2 Å². The molecule has 0 aliphatic rings. The number of nitrogens with zero attached hydrogens (tertiary/aromatic N) is 1. The molecule has 0 aliphatic carbocycles. The molecular formula is C15H13FN2O3. The van der Waals surface area contributed by atoms with E-state index in [2.05, 4.69) is 5.32 Å². The molecule has 1 amide bonds. The van der Waals surface area contributed by atoms with Crippen molar-refractivity contribution in [3.8, 4) is 0 Å². The molecule has 0 fully saturated rings. The first kappa shape index (κ1) is 14.6. The fraction of sp³-hybridized carbons (Fsp3) is 0.133. The minimum Gasteiger partial charge on any atom is -0.352 e. The lowest BCUT2D eigenvalue weighted by atomic mass is 10.1. The fourth-order valence-corrected chi connectivity index (χ4v) is 1.85. The van der Waals surface area contributed by atoms with Crippen LogP contribution in [0.3, 0.4) is 0 Å². The molecule has 2 rings (SSSR count). The van der Waals surface area contributed by atoms with Crippen LogP contribution in [0.1, 0.15) is 15.9 Å². The van der Waals surface area contributed by atoms with Crippen molar-refractivity contribution in [1.82, 2.24) is 5.32 Å². The van der Waals surface area contributed by atoms with Crippen molar-refractivity contribution in [3.05, 3.63) is 75.6 Å². The molecular weight excluding hydrogens is 275 g/mol. The van der Waals surface area contributed by atoms with E-state index in [1.165, 1.54) is 30.3 Å². The van der Waals surface area contributed by atoms with Gasteiger partial charge < -0.3 is 5.32 Å². The number of nitro groups is 1. The van der Waals surface area contributed by atoms with E-state index in [9.17, 15) is 19.3 Å². The minimum atomic E-state index is -0.528. The predicted octanol–water partition coefficient (Wildman–Crippen LogP) is 2.71. The van der Waals surface area contributed by atoms with Gasteiger partial charge in [0.2, 0.25) is 0 Å². The summed E-state index contributed by atoms with van der Waals surface area (Å²) in [7, 11) is 0. The molecule has 0 unspecified atom stereocenters. The van der Waals surface area contributed by atoms with E-state index in [0.717, 1.165) is 0 Å². The summed E-state index contributed by atoms with van der Waals surface area (Å²) in [5.41, 5.74) is 0.786. The average molecular weight is 288 g/mol. The van der Waals surface area contributed by atoms with Crippen LogP contribution in [-0.2, 0) is 6.42 Å². The molecule has 6 heteroatoms. The summed E-state index contributed by atoms with van der Waals surface area (Å²) in [6.45, 7) is 0.288. The largest absolute Gasteiger partial charge is 0.352 e. The van der Waals surface area contributed by atoms with Crippen LogP contribution in [-0.4, -0.2) is 17.4 Å². The Kier molecular flexibility index (Phi) is 4.61. The van der Waals surface area contributed by atoms with Crippen molar-refractivity contribution in [2.45, 2.75) is 6.42 Å². The van der Waals surface area contributed by atoms with Crippen molar-refractivity contribution in [2.24, 2.45) is 0 Å². The predicted molar refractivity (Wildman–Crippen MR) is 75.5 cm³/mol. The van der Waals surface area contributed by atoms with Crippen LogP contribution in [0.4, 0.5) is 10.1 Å². The molecule has 2 aromatic carbocycles. The first-order valence-electron chi connectivity index (χ1n) is 6.34. The van der Waals surface area contributed by atoms with Crippen LogP contribution in [0.15, 0.2) is 48.5 Å². The zero-order valence-corrected chi connectivity index (χ0v) is 11.1. The average Bonchev–Trinajstić information content (AvgIpc) is 2.49. The molecule has 0 atom stereocenters. The Hall–Kier alpha value is -2.76. The number of hydrogen-bond acceptors (Lipinski definition) is 3. The Morgan fingerprint density at radius 2 is 1.81 bits per heavy atom. The van der Waals surface area contributed by atoms with Gasteiger partial charge in [-0.1, -0.05) is 18.2 Å². The first-order chi connectivity index (χ1) is 10.1. The van der Waals surface area contributed by atoms with E-state index in [1.807, 2.05) is 0 Å². The molecule has 0 aromatic heterocycles. The second kappa shape index (κ2) is 6.60. The van der Waals surface area contributed by atoms with E-state index in [-0.39, 0.29) is 24.0 Å². The lowest BCUT2D eigenvalue weighted by Crippen LogP contribution is -2.25. The zero-order valence-electron chi connectivity index (χ0n) is 11.1. The van der Waals surface area contributed by atoms with Gasteiger partial charge in [0.05, 0.1) is 4.92 Å². The zero-order chi connectivity index (χ0) is 15.2. The van der Waals surface area contributed by atoms with Crippen LogP contribution in [0.5, 0.6) is 0 Å². The molecule has 0 radical (unpaired) electrons. The standard InChI is InChI=1S/C15H13FN2O3/c16-14-4-2-1-3-11(14)9-10-17-15(19)12-5-7-13(8-6-12)18(20)21/h1-8H,9-10H2,(H,17,19). The third-order valence-corrected chi connectivity index (χ3v) is 2.98. The van der Waals surface area contributed by atoms with Crippen LogP contribution in [0.25, 0.3) is 0 Å². The smallest absolute Gasteiger partial charge is 0.269 e. The molecule has 2 aromatic rings. The molecule has 0 saturated heterocycles. The lowest BCUT2D eigenvalue weighted by molar-refractivity contribution is -0.384. The van der Waals surface area contributed by atoms with Crippen LogP contribution >= 0.6 is 0 Å². The quantitative estimate of drug-likeness (QED) is 0.679. The van der Waals surface area contributed by atoms with Crippen molar-refractivity contribution < 1.29 is 14.1 Å². The summed E-state index contributed by atoms with van der Waals surface area (Å²) in [6, 6.07) is 11.7. The lowest BCUT2D eigenvalue weighted by Gasteiger charge is -2.06. The van der Waals surface area contributed by atoms with Crippen molar-refractivity contribution in [1.29, 1.82) is 0 Å². The van der Waals surface area contributed by atoms with Gasteiger partial charge in [-0.05, 0) is 30.2 Å². The summed E-state index contributed by atoms with van der Waals surface area (Å²) >= 11 is 0. The van der Waals surface area contributed by atoms with Crippen molar-refractivity contribution >= 4 is 11.6 Å². The minimum absolute atomic E-state index is 0.0714. The van der Waals surface area contributed by atoms with Gasteiger partial charge in [0.1, 0.15) is 5.82 Å². The third kappa shape index (κ3) is 3.85. The Morgan fingerprint density at radius 1 is 1.14 bits per heavy atom. The van der Waals surface area contributed by atoms with Gasteiger partial charge in [0.15, 0.2) is 0 Å². The van der Waals surface area contributed by atoms with Gasteiger partial charge in [0.25, 0.3) is 11.6 Å². The number of hydrogen-bond donors (Lipinski definition) is 1. The molecule has 0 heterocycles. The van der Waals surface area contributed by atoms with Crippen LogP contribution in [0.2, 0.25) is 0 Å². The number of nitro benzene ring substituents is 1. The van der Waals surface area contributed by atoms with Gasteiger partial charge in [-0.25, -0.2) is 4.39 Å². The molecule has 0 saturated carbocycles. The van der Waals surface area contributed by atoms with E-state index < -0.39 is 4.92 Å². The van der Waals surface area contributed by atoms with Crippen molar-refractivity contribution in [2.75, 3.05) is 6.54 Å². The SMILES string of the molecule is O=C(NCCc1ccccc1F)c1ccc([N+](=O)[O-])cc1. The summed E-state index contributed by atoms with van der Waals surface area (Å²) < 4.78 is 13.4. The fourth-order valence-electron chi connectivity index (χ4n) is 1.85. The molecule has 5 nitrogen and oxygen atoms in total. The monoisotopic (exact) mass is 288 g/mol. The van der Waals surface area contributed by atoms with Crippen molar-refractivity contribution in [3.63, 3.8) is 0 Å². The molecule has 0 spiro atoms. The van der Waals surface area contributed by atoms with E-state index in [0.29, 0.717) is 17.5 Å². The Balaban J connectivity index is 1.90.